The van der Waals surface area contributed by atoms with Gasteiger partial charge in [-0.25, -0.2) is 0 Å². The molecule has 0 N–H and O–H groups in total. The summed E-state index contributed by atoms with van der Waals surface area (Å²) in [5, 5.41) is 0. The Morgan fingerprint density at radius 1 is 0.952 bits per heavy atom. The minimum Gasteiger partial charge on any atom is -0.266 e. The minimum atomic E-state index is -3.61. The van der Waals surface area contributed by atoms with Gasteiger partial charge < -0.3 is 0 Å². The smallest absolute Gasteiger partial charge is 0.266 e. The zero-order chi connectivity index (χ0) is 15.7. The lowest BCUT2D eigenvalue weighted by Crippen LogP contribution is -2.09. The molecule has 0 unspecified atom stereocenters. The van der Waals surface area contributed by atoms with Gasteiger partial charge in [-0.05, 0) is 37.5 Å². The van der Waals surface area contributed by atoms with E-state index in [1.54, 1.807) is 12.1 Å². The highest BCUT2D eigenvalue weighted by atomic mass is 32.2. The van der Waals surface area contributed by atoms with Crippen LogP contribution in [0.4, 0.5) is 0 Å². The van der Waals surface area contributed by atoms with Crippen LogP contribution in [0.5, 0.6) is 0 Å². The SMILES string of the molecule is CCCCCCCCCOS(=O)(=O)c1cccc(C)c1C. The van der Waals surface area contributed by atoms with Gasteiger partial charge >= 0.3 is 0 Å². The first-order valence-electron chi connectivity index (χ1n) is 7.94. The van der Waals surface area contributed by atoms with E-state index in [0.29, 0.717) is 4.90 Å². The lowest BCUT2D eigenvalue weighted by atomic mass is 10.1. The summed E-state index contributed by atoms with van der Waals surface area (Å²) in [5.74, 6) is 0. The standard InChI is InChI=1S/C17H28O3S/c1-4-5-6-7-8-9-10-14-20-21(18,19)17-13-11-12-15(2)16(17)3/h11-13H,4-10,14H2,1-3H3. The molecule has 1 rings (SSSR count). The zero-order valence-corrected chi connectivity index (χ0v) is 14.3. The topological polar surface area (TPSA) is 43.4 Å². The molecule has 0 bridgehead atoms. The van der Waals surface area contributed by atoms with Crippen molar-refractivity contribution in [2.24, 2.45) is 0 Å². The van der Waals surface area contributed by atoms with Crippen LogP contribution in [0.25, 0.3) is 0 Å². The maximum absolute atomic E-state index is 12.2. The number of unbranched alkanes of at least 4 members (excludes halogenated alkanes) is 6. The number of aryl methyl sites for hydroxylation is 1. The highest BCUT2D eigenvalue weighted by Gasteiger charge is 2.18. The van der Waals surface area contributed by atoms with Crippen LogP contribution in [0.3, 0.4) is 0 Å². The van der Waals surface area contributed by atoms with E-state index in [4.69, 9.17) is 4.18 Å². The average Bonchev–Trinajstić information content (AvgIpc) is 2.44. The average molecular weight is 312 g/mol. The molecule has 3 nitrogen and oxygen atoms in total. The maximum atomic E-state index is 12.2. The van der Waals surface area contributed by atoms with Crippen molar-refractivity contribution >= 4 is 10.1 Å². The van der Waals surface area contributed by atoms with Crippen molar-refractivity contribution in [2.75, 3.05) is 6.61 Å². The zero-order valence-electron chi connectivity index (χ0n) is 13.5. The van der Waals surface area contributed by atoms with E-state index < -0.39 is 10.1 Å². The first-order chi connectivity index (χ1) is 9.99. The van der Waals surface area contributed by atoms with E-state index in [-0.39, 0.29) is 6.61 Å². The molecule has 1 aromatic carbocycles. The third-order valence-electron chi connectivity index (χ3n) is 3.81. The summed E-state index contributed by atoms with van der Waals surface area (Å²) in [6.07, 6.45) is 8.04. The van der Waals surface area contributed by atoms with Gasteiger partial charge in [0.1, 0.15) is 0 Å². The Labute approximate surface area is 129 Å². The maximum Gasteiger partial charge on any atom is 0.297 e. The lowest BCUT2D eigenvalue weighted by molar-refractivity contribution is 0.306. The van der Waals surface area contributed by atoms with E-state index in [9.17, 15) is 8.42 Å². The van der Waals surface area contributed by atoms with Gasteiger partial charge in [-0.3, -0.25) is 4.18 Å². The predicted molar refractivity (Wildman–Crippen MR) is 87.0 cm³/mol. The molecular weight excluding hydrogens is 284 g/mol. The molecule has 0 aliphatic carbocycles. The van der Waals surface area contributed by atoms with Crippen LogP contribution in [0.2, 0.25) is 0 Å². The van der Waals surface area contributed by atoms with E-state index >= 15 is 0 Å². The van der Waals surface area contributed by atoms with Crippen molar-refractivity contribution < 1.29 is 12.6 Å². The summed E-state index contributed by atoms with van der Waals surface area (Å²) < 4.78 is 29.5. The highest BCUT2D eigenvalue weighted by molar-refractivity contribution is 7.86. The fourth-order valence-corrected chi connectivity index (χ4v) is 3.53. The fourth-order valence-electron chi connectivity index (χ4n) is 2.29. The van der Waals surface area contributed by atoms with Crippen molar-refractivity contribution in [3.05, 3.63) is 29.3 Å². The van der Waals surface area contributed by atoms with E-state index in [0.717, 1.165) is 30.4 Å². The van der Waals surface area contributed by atoms with Crippen molar-refractivity contribution in [2.45, 2.75) is 70.6 Å². The monoisotopic (exact) mass is 312 g/mol. The van der Waals surface area contributed by atoms with Crippen LogP contribution in [0, 0.1) is 13.8 Å². The third kappa shape index (κ3) is 6.18. The van der Waals surface area contributed by atoms with E-state index in [1.807, 2.05) is 19.9 Å². The Morgan fingerprint density at radius 3 is 2.24 bits per heavy atom. The van der Waals surface area contributed by atoms with Gasteiger partial charge in [0.25, 0.3) is 10.1 Å². The second kappa shape index (κ2) is 9.21. The molecule has 0 atom stereocenters. The molecule has 0 spiro atoms. The van der Waals surface area contributed by atoms with Gasteiger partial charge in [0, 0.05) is 0 Å². The Bertz CT molecular complexity index is 521. The molecule has 0 aliphatic heterocycles. The molecule has 0 radical (unpaired) electrons. The Hall–Kier alpha value is -0.870. The van der Waals surface area contributed by atoms with Gasteiger partial charge in [-0.15, -0.1) is 0 Å². The number of benzene rings is 1. The summed E-state index contributed by atoms with van der Waals surface area (Å²) in [4.78, 5) is 0.297. The van der Waals surface area contributed by atoms with E-state index in [2.05, 4.69) is 6.92 Å². The molecule has 120 valence electrons. The largest absolute Gasteiger partial charge is 0.297 e. The summed E-state index contributed by atoms with van der Waals surface area (Å²) in [6, 6.07) is 5.28. The lowest BCUT2D eigenvalue weighted by Gasteiger charge is -2.10. The second-order valence-electron chi connectivity index (χ2n) is 5.60. The first kappa shape index (κ1) is 18.2. The van der Waals surface area contributed by atoms with Crippen LogP contribution in [-0.2, 0) is 14.3 Å². The molecular formula is C17H28O3S. The van der Waals surface area contributed by atoms with Crippen LogP contribution in [-0.4, -0.2) is 15.0 Å². The highest BCUT2D eigenvalue weighted by Crippen LogP contribution is 2.20. The quantitative estimate of drug-likeness (QED) is 0.462. The molecule has 0 fully saturated rings. The second-order valence-corrected chi connectivity index (χ2v) is 7.18. The van der Waals surface area contributed by atoms with Crippen LogP contribution in [0.15, 0.2) is 23.1 Å². The van der Waals surface area contributed by atoms with Crippen LogP contribution in [0.1, 0.15) is 63.0 Å². The predicted octanol–water partition coefficient (Wildman–Crippen LogP) is 4.76. The van der Waals surface area contributed by atoms with Crippen LogP contribution < -0.4 is 0 Å². The summed E-state index contributed by atoms with van der Waals surface area (Å²) >= 11 is 0. The van der Waals surface area contributed by atoms with Gasteiger partial charge in [-0.2, -0.15) is 8.42 Å². The van der Waals surface area contributed by atoms with E-state index in [1.165, 1.54) is 25.7 Å². The summed E-state index contributed by atoms with van der Waals surface area (Å²) in [5.41, 5.74) is 1.74. The molecule has 0 heterocycles. The molecule has 0 amide bonds. The minimum absolute atomic E-state index is 0.281. The summed E-state index contributed by atoms with van der Waals surface area (Å²) in [6.45, 7) is 6.21. The van der Waals surface area contributed by atoms with Crippen LogP contribution >= 0.6 is 0 Å². The van der Waals surface area contributed by atoms with Gasteiger partial charge in [-0.1, -0.05) is 57.6 Å². The number of rotatable bonds is 10. The fraction of sp³-hybridized carbons (Fsp3) is 0.647. The van der Waals surface area contributed by atoms with Crippen molar-refractivity contribution in [3.63, 3.8) is 0 Å². The summed E-state index contributed by atoms with van der Waals surface area (Å²) in [7, 11) is -3.61. The molecule has 0 aliphatic rings. The molecule has 0 aromatic heterocycles. The molecule has 21 heavy (non-hydrogen) atoms. The normalized spacial score (nSPS) is 11.8. The van der Waals surface area contributed by atoms with Gasteiger partial charge in [0.2, 0.25) is 0 Å². The number of hydrogen-bond donors (Lipinski definition) is 0. The third-order valence-corrected chi connectivity index (χ3v) is 5.27. The van der Waals surface area contributed by atoms with Crippen molar-refractivity contribution in [1.82, 2.24) is 0 Å². The van der Waals surface area contributed by atoms with Crippen molar-refractivity contribution in [3.8, 4) is 0 Å². The Balaban J connectivity index is 2.35. The molecule has 4 heteroatoms. The Kier molecular flexibility index (Phi) is 7.97. The Morgan fingerprint density at radius 2 is 1.57 bits per heavy atom. The molecule has 1 aromatic rings. The number of hydrogen-bond acceptors (Lipinski definition) is 3. The van der Waals surface area contributed by atoms with Crippen molar-refractivity contribution in [1.29, 1.82) is 0 Å². The molecule has 0 saturated carbocycles. The van der Waals surface area contributed by atoms with Gasteiger partial charge in [0.15, 0.2) is 0 Å². The van der Waals surface area contributed by atoms with Gasteiger partial charge in [0.05, 0.1) is 11.5 Å². The first-order valence-corrected chi connectivity index (χ1v) is 9.35. The molecule has 0 saturated heterocycles.